The number of carbonyl (C=O) groups is 3. The Morgan fingerprint density at radius 2 is 1.96 bits per heavy atom. The number of carboxylic acids is 1. The van der Waals surface area contributed by atoms with Crippen LogP contribution in [0.25, 0.3) is 0 Å². The van der Waals surface area contributed by atoms with Crippen LogP contribution in [0.1, 0.15) is 17.3 Å². The molecule has 2 amide bonds. The average molecular weight is 385 g/mol. The van der Waals surface area contributed by atoms with E-state index in [4.69, 9.17) is 27.9 Å². The number of fused-ring (bicyclic) bond motifs is 2. The molecule has 1 aromatic rings. The minimum atomic E-state index is -1.13. The Hall–Kier alpha value is -2.09. The summed E-state index contributed by atoms with van der Waals surface area (Å²) in [7, 11) is 0. The minimum absolute atomic E-state index is 0.122. The molecule has 25 heavy (non-hydrogen) atoms. The molecule has 2 heterocycles. The average Bonchev–Trinajstić information content (AvgIpc) is 3.05. The van der Waals surface area contributed by atoms with Crippen molar-refractivity contribution in [1.82, 2.24) is 10.9 Å². The molecule has 1 aromatic carbocycles. The van der Waals surface area contributed by atoms with Gasteiger partial charge in [0.25, 0.3) is 5.91 Å². The van der Waals surface area contributed by atoms with Crippen LogP contribution in [0.15, 0.2) is 30.4 Å². The molecule has 4 atom stereocenters. The molecule has 0 unspecified atom stereocenters. The van der Waals surface area contributed by atoms with Crippen molar-refractivity contribution >= 4 is 41.0 Å². The Morgan fingerprint density at radius 1 is 1.24 bits per heavy atom. The van der Waals surface area contributed by atoms with E-state index in [1.165, 1.54) is 18.2 Å². The molecule has 1 fully saturated rings. The van der Waals surface area contributed by atoms with Crippen molar-refractivity contribution < 1.29 is 24.2 Å². The molecule has 0 spiro atoms. The lowest BCUT2D eigenvalue weighted by atomic mass is 9.76. The molecule has 0 radical (unpaired) electrons. The van der Waals surface area contributed by atoms with Crippen molar-refractivity contribution in [3.8, 4) is 0 Å². The maximum Gasteiger partial charge on any atom is 0.310 e. The molecule has 2 aliphatic heterocycles. The molecule has 0 aliphatic carbocycles. The summed E-state index contributed by atoms with van der Waals surface area (Å²) in [5.41, 5.74) is 3.58. The zero-order chi connectivity index (χ0) is 18.4. The highest BCUT2D eigenvalue weighted by Crippen LogP contribution is 2.46. The molecule has 7 nitrogen and oxygen atoms in total. The smallest absolute Gasteiger partial charge is 0.310 e. The van der Waals surface area contributed by atoms with Gasteiger partial charge in [-0.3, -0.25) is 25.2 Å². The van der Waals surface area contributed by atoms with Gasteiger partial charge in [0.1, 0.15) is 5.92 Å². The molecule has 2 aliphatic rings. The summed E-state index contributed by atoms with van der Waals surface area (Å²) >= 11 is 11.7. The van der Waals surface area contributed by atoms with Gasteiger partial charge in [0, 0.05) is 5.02 Å². The van der Waals surface area contributed by atoms with Gasteiger partial charge < -0.3 is 9.84 Å². The first-order chi connectivity index (χ1) is 11.7. The van der Waals surface area contributed by atoms with Gasteiger partial charge in [-0.05, 0) is 25.1 Å². The van der Waals surface area contributed by atoms with Gasteiger partial charge in [-0.15, -0.1) is 0 Å². The first-order valence-corrected chi connectivity index (χ1v) is 8.14. The van der Waals surface area contributed by atoms with E-state index in [9.17, 15) is 19.5 Å². The number of nitrogens with one attached hydrogen (secondary N) is 2. The summed E-state index contributed by atoms with van der Waals surface area (Å²) < 4.78 is 5.59. The maximum absolute atomic E-state index is 12.5. The second kappa shape index (κ2) is 6.33. The molecule has 0 saturated carbocycles. The van der Waals surface area contributed by atoms with E-state index in [2.05, 4.69) is 10.9 Å². The summed E-state index contributed by atoms with van der Waals surface area (Å²) in [6, 6.07) is 4.30. The second-order valence-electron chi connectivity index (χ2n) is 6.03. The van der Waals surface area contributed by atoms with Crippen molar-refractivity contribution in [1.29, 1.82) is 0 Å². The van der Waals surface area contributed by atoms with Crippen LogP contribution in [0.2, 0.25) is 10.0 Å². The van der Waals surface area contributed by atoms with Crippen LogP contribution in [-0.4, -0.2) is 34.6 Å². The quantitative estimate of drug-likeness (QED) is 0.544. The lowest BCUT2D eigenvalue weighted by molar-refractivity contribution is -0.147. The van der Waals surface area contributed by atoms with E-state index < -0.39 is 41.3 Å². The largest absolute Gasteiger partial charge is 0.481 e. The Labute approximate surface area is 152 Å². The lowest BCUT2D eigenvalue weighted by Crippen LogP contribution is -2.52. The summed E-state index contributed by atoms with van der Waals surface area (Å²) in [6.07, 6.45) is 2.63. The second-order valence-corrected chi connectivity index (χ2v) is 6.88. The highest BCUT2D eigenvalue weighted by molar-refractivity contribution is 6.36. The topological polar surface area (TPSA) is 105 Å². The van der Waals surface area contributed by atoms with Gasteiger partial charge in [-0.2, -0.15) is 0 Å². The number of aliphatic carboxylic acids is 1. The number of ether oxygens (including phenoxy) is 1. The number of carbonyl (C=O) groups excluding carboxylic acids is 2. The Bertz CT molecular complexity index is 797. The number of benzene rings is 1. The minimum Gasteiger partial charge on any atom is -0.481 e. The standard InChI is InChI=1S/C16H14Cl2N2O5/c1-16-5-4-10(25-16)11(15(23)24)12(16)14(22)20-19-13(21)8-3-2-7(17)6-9(8)18/h2-6,10-12H,1H3,(H,19,21)(H,20,22)(H,23,24)/t10-,11-,12+,16+/m1/s1. The third kappa shape index (κ3) is 3.10. The van der Waals surface area contributed by atoms with E-state index >= 15 is 0 Å². The third-order valence-corrected chi connectivity index (χ3v) is 4.93. The van der Waals surface area contributed by atoms with Crippen LogP contribution < -0.4 is 10.9 Å². The van der Waals surface area contributed by atoms with Gasteiger partial charge >= 0.3 is 5.97 Å². The van der Waals surface area contributed by atoms with Crippen LogP contribution in [0.4, 0.5) is 0 Å². The van der Waals surface area contributed by atoms with Crippen molar-refractivity contribution in [2.45, 2.75) is 18.6 Å². The fourth-order valence-corrected chi connectivity index (χ4v) is 3.71. The molecule has 0 aromatic heterocycles. The normalized spacial score (nSPS) is 29.5. The van der Waals surface area contributed by atoms with E-state index in [1.54, 1.807) is 19.1 Å². The fraction of sp³-hybridized carbons (Fsp3) is 0.312. The van der Waals surface area contributed by atoms with Crippen molar-refractivity contribution in [3.63, 3.8) is 0 Å². The molecule has 3 N–H and O–H groups in total. The van der Waals surface area contributed by atoms with Gasteiger partial charge in [0.2, 0.25) is 5.91 Å². The number of halogens is 2. The van der Waals surface area contributed by atoms with Gasteiger partial charge in [0.15, 0.2) is 0 Å². The highest BCUT2D eigenvalue weighted by Gasteiger charge is 2.59. The number of hydrogen-bond donors (Lipinski definition) is 3. The lowest BCUT2D eigenvalue weighted by Gasteiger charge is -2.27. The number of hydrogen-bond acceptors (Lipinski definition) is 4. The Kier molecular flexibility index (Phi) is 4.49. The predicted octanol–water partition coefficient (Wildman–Crippen LogP) is 1.80. The number of amides is 2. The molecule has 132 valence electrons. The first kappa shape index (κ1) is 17.7. The van der Waals surface area contributed by atoms with Gasteiger partial charge in [-0.25, -0.2) is 0 Å². The maximum atomic E-state index is 12.5. The van der Waals surface area contributed by atoms with Crippen LogP contribution in [-0.2, 0) is 14.3 Å². The van der Waals surface area contributed by atoms with Crippen LogP contribution in [0.3, 0.4) is 0 Å². The third-order valence-electron chi connectivity index (χ3n) is 4.38. The SMILES string of the molecule is C[C@@]12C=C[C@@H](O1)[C@@H](C(=O)O)[C@H]2C(=O)NNC(=O)c1ccc(Cl)cc1Cl. The molecule has 9 heteroatoms. The Balaban J connectivity index is 1.71. The van der Waals surface area contributed by atoms with Crippen molar-refractivity contribution in [2.75, 3.05) is 0 Å². The van der Waals surface area contributed by atoms with Gasteiger partial charge in [-0.1, -0.05) is 35.4 Å². The monoisotopic (exact) mass is 384 g/mol. The molecule has 1 saturated heterocycles. The number of carboxylic acid groups (broad SMARTS) is 1. The van der Waals surface area contributed by atoms with E-state index in [1.807, 2.05) is 0 Å². The number of hydrazine groups is 1. The van der Waals surface area contributed by atoms with Crippen LogP contribution >= 0.6 is 23.2 Å². The van der Waals surface area contributed by atoms with E-state index in [-0.39, 0.29) is 10.6 Å². The van der Waals surface area contributed by atoms with E-state index in [0.29, 0.717) is 5.02 Å². The summed E-state index contributed by atoms with van der Waals surface area (Å²) in [4.78, 5) is 36.1. The zero-order valence-corrected chi connectivity index (χ0v) is 14.5. The first-order valence-electron chi connectivity index (χ1n) is 7.38. The van der Waals surface area contributed by atoms with E-state index in [0.717, 1.165) is 0 Å². The van der Waals surface area contributed by atoms with Gasteiger partial charge in [0.05, 0.1) is 28.2 Å². The molecular weight excluding hydrogens is 371 g/mol. The molecule has 2 bridgehead atoms. The molecular formula is C16H14Cl2N2O5. The van der Waals surface area contributed by atoms with Crippen molar-refractivity contribution in [2.24, 2.45) is 11.8 Å². The summed E-state index contributed by atoms with van der Waals surface area (Å²) in [5.74, 6) is -4.43. The highest BCUT2D eigenvalue weighted by atomic mass is 35.5. The zero-order valence-electron chi connectivity index (χ0n) is 13.0. The predicted molar refractivity (Wildman–Crippen MR) is 89.1 cm³/mol. The van der Waals surface area contributed by atoms with Crippen LogP contribution in [0, 0.1) is 11.8 Å². The van der Waals surface area contributed by atoms with Crippen molar-refractivity contribution in [3.05, 3.63) is 46.0 Å². The molecule has 3 rings (SSSR count). The fourth-order valence-electron chi connectivity index (χ4n) is 3.22. The van der Waals surface area contributed by atoms with Crippen LogP contribution in [0.5, 0.6) is 0 Å². The summed E-state index contributed by atoms with van der Waals surface area (Å²) in [6.45, 7) is 1.63. The Morgan fingerprint density at radius 3 is 2.60 bits per heavy atom. The summed E-state index contributed by atoms with van der Waals surface area (Å²) in [5, 5.41) is 9.87. The number of rotatable bonds is 3.